The quantitative estimate of drug-likeness (QED) is 0.808. The van der Waals surface area contributed by atoms with Crippen LogP contribution in [0.2, 0.25) is 0 Å². The van der Waals surface area contributed by atoms with Crippen LogP contribution in [0.3, 0.4) is 0 Å². The molecule has 3 aliphatic carbocycles. The zero-order chi connectivity index (χ0) is 16.6. The lowest BCUT2D eigenvalue weighted by atomic mass is 9.95. The summed E-state index contributed by atoms with van der Waals surface area (Å²) in [6.07, 6.45) is 7.13. The Hall–Kier alpha value is -1.55. The molecule has 0 saturated heterocycles. The molecule has 0 radical (unpaired) electrons. The van der Waals surface area contributed by atoms with Crippen molar-refractivity contribution in [1.82, 2.24) is 10.6 Å². The third-order valence-corrected chi connectivity index (χ3v) is 6.55. The van der Waals surface area contributed by atoms with Crippen LogP contribution in [0.1, 0.15) is 43.2 Å². The maximum Gasteiger partial charge on any atom is 0.314 e. The number of urea groups is 1. The first kappa shape index (κ1) is 15.9. The Balaban J connectivity index is 1.22. The number of methoxy groups -OCH3 is 1. The lowest BCUT2D eigenvalue weighted by Crippen LogP contribution is -2.40. The molecule has 0 aliphatic heterocycles. The van der Waals surface area contributed by atoms with E-state index in [9.17, 15) is 4.79 Å². The van der Waals surface area contributed by atoms with Crippen molar-refractivity contribution in [3.8, 4) is 0 Å². The molecule has 2 saturated carbocycles. The van der Waals surface area contributed by atoms with Gasteiger partial charge in [-0.05, 0) is 61.0 Å². The van der Waals surface area contributed by atoms with E-state index in [4.69, 9.17) is 4.74 Å². The number of hydrogen-bond acceptors (Lipinski definition) is 2. The van der Waals surface area contributed by atoms with E-state index in [1.165, 1.54) is 43.2 Å². The fourth-order valence-electron chi connectivity index (χ4n) is 4.56. The number of rotatable bonds is 7. The minimum absolute atomic E-state index is 0.00739. The summed E-state index contributed by atoms with van der Waals surface area (Å²) in [5, 5.41) is 6.17. The van der Waals surface area contributed by atoms with Crippen molar-refractivity contribution in [2.45, 2.75) is 43.9 Å². The maximum absolute atomic E-state index is 12.1. The summed E-state index contributed by atoms with van der Waals surface area (Å²) < 4.78 is 5.17. The molecule has 0 aromatic heterocycles. The molecule has 4 rings (SSSR count). The van der Waals surface area contributed by atoms with Gasteiger partial charge < -0.3 is 15.4 Å². The van der Waals surface area contributed by atoms with Crippen LogP contribution in [0.25, 0.3) is 0 Å². The standard InChI is InChI=1S/C20H28N2O2/c1-24-11-10-19(8-9-19)14-22-18(23)21-13-16-12-20(16)7-6-15-4-2-3-5-17(15)20/h2-5,16H,6-14H2,1H3,(H2,21,22,23)/t16-,20+/m1/s1. The lowest BCUT2D eigenvalue weighted by Gasteiger charge is -2.16. The van der Waals surface area contributed by atoms with Crippen molar-refractivity contribution in [2.75, 3.05) is 26.8 Å². The second-order valence-electron chi connectivity index (χ2n) is 8.02. The van der Waals surface area contributed by atoms with Crippen molar-refractivity contribution in [1.29, 1.82) is 0 Å². The summed E-state index contributed by atoms with van der Waals surface area (Å²) >= 11 is 0. The van der Waals surface area contributed by atoms with Crippen LogP contribution in [0.15, 0.2) is 24.3 Å². The highest BCUT2D eigenvalue weighted by Gasteiger charge is 2.57. The summed E-state index contributed by atoms with van der Waals surface area (Å²) in [6.45, 7) is 2.36. The number of fused-ring (bicyclic) bond motifs is 2. The Morgan fingerprint density at radius 1 is 1.25 bits per heavy atom. The Bertz CT molecular complexity index is 626. The van der Waals surface area contributed by atoms with Crippen molar-refractivity contribution in [2.24, 2.45) is 11.3 Å². The molecule has 4 heteroatoms. The van der Waals surface area contributed by atoms with Crippen molar-refractivity contribution in [3.63, 3.8) is 0 Å². The molecule has 0 bridgehead atoms. The minimum atomic E-state index is -0.00739. The SMILES string of the molecule is COCCC1(CNC(=O)NC[C@H]2C[C@@]23CCc2ccccc23)CC1. The summed E-state index contributed by atoms with van der Waals surface area (Å²) in [5.41, 5.74) is 3.71. The average Bonchev–Trinajstić information content (AvgIpc) is 3.49. The zero-order valence-electron chi connectivity index (χ0n) is 14.6. The van der Waals surface area contributed by atoms with Gasteiger partial charge in [0.2, 0.25) is 0 Å². The van der Waals surface area contributed by atoms with E-state index in [0.717, 1.165) is 26.1 Å². The summed E-state index contributed by atoms with van der Waals surface area (Å²) in [6, 6.07) is 8.82. The number of nitrogens with one attached hydrogen (secondary N) is 2. The molecule has 2 N–H and O–H groups in total. The number of aryl methyl sites for hydroxylation is 1. The number of carbonyl (C=O) groups excluding carboxylic acids is 1. The average molecular weight is 328 g/mol. The zero-order valence-corrected chi connectivity index (χ0v) is 14.6. The van der Waals surface area contributed by atoms with Crippen molar-refractivity contribution in [3.05, 3.63) is 35.4 Å². The van der Waals surface area contributed by atoms with Gasteiger partial charge >= 0.3 is 6.03 Å². The van der Waals surface area contributed by atoms with Crippen LogP contribution in [-0.2, 0) is 16.6 Å². The Labute approximate surface area is 144 Å². The lowest BCUT2D eigenvalue weighted by molar-refractivity contribution is 0.171. The van der Waals surface area contributed by atoms with E-state index in [2.05, 4.69) is 34.9 Å². The van der Waals surface area contributed by atoms with E-state index in [1.807, 2.05) is 0 Å². The number of ether oxygens (including phenoxy) is 1. The van der Waals surface area contributed by atoms with E-state index in [0.29, 0.717) is 16.7 Å². The molecule has 0 unspecified atom stereocenters. The molecule has 1 spiro atoms. The van der Waals surface area contributed by atoms with Gasteiger partial charge in [-0.25, -0.2) is 4.79 Å². The van der Waals surface area contributed by atoms with Crippen molar-refractivity contribution >= 4 is 6.03 Å². The highest BCUT2D eigenvalue weighted by Crippen LogP contribution is 2.61. The Morgan fingerprint density at radius 2 is 2.08 bits per heavy atom. The molecular formula is C20H28N2O2. The second-order valence-corrected chi connectivity index (χ2v) is 8.02. The van der Waals surface area contributed by atoms with Gasteiger partial charge in [0.25, 0.3) is 0 Å². The van der Waals surface area contributed by atoms with Crippen LogP contribution >= 0.6 is 0 Å². The Kier molecular flexibility index (Phi) is 4.03. The minimum Gasteiger partial charge on any atom is -0.385 e. The van der Waals surface area contributed by atoms with Gasteiger partial charge in [0.15, 0.2) is 0 Å². The molecule has 2 amide bonds. The number of carbonyl (C=O) groups is 1. The summed E-state index contributed by atoms with van der Waals surface area (Å²) in [4.78, 5) is 12.1. The molecule has 0 heterocycles. The van der Waals surface area contributed by atoms with Gasteiger partial charge in [-0.3, -0.25) is 0 Å². The topological polar surface area (TPSA) is 50.4 Å². The largest absolute Gasteiger partial charge is 0.385 e. The normalized spacial score (nSPS) is 28.5. The molecule has 2 fully saturated rings. The van der Waals surface area contributed by atoms with Crippen LogP contribution in [-0.4, -0.2) is 32.8 Å². The number of hydrogen-bond donors (Lipinski definition) is 2. The molecule has 2 atom stereocenters. The predicted octanol–water partition coefficient (Wildman–Crippen LogP) is 3.01. The van der Waals surface area contributed by atoms with E-state index >= 15 is 0 Å². The van der Waals surface area contributed by atoms with Crippen LogP contribution < -0.4 is 10.6 Å². The molecule has 4 nitrogen and oxygen atoms in total. The summed E-state index contributed by atoms with van der Waals surface area (Å²) in [5.74, 6) is 0.607. The third-order valence-electron chi connectivity index (χ3n) is 6.55. The van der Waals surface area contributed by atoms with E-state index in [1.54, 1.807) is 7.11 Å². The summed E-state index contributed by atoms with van der Waals surface area (Å²) in [7, 11) is 1.74. The fraction of sp³-hybridized carbons (Fsp3) is 0.650. The van der Waals surface area contributed by atoms with Gasteiger partial charge in [0.1, 0.15) is 0 Å². The molecule has 1 aromatic rings. The van der Waals surface area contributed by atoms with Crippen molar-refractivity contribution < 1.29 is 9.53 Å². The smallest absolute Gasteiger partial charge is 0.314 e. The van der Waals surface area contributed by atoms with E-state index in [-0.39, 0.29) is 6.03 Å². The molecular weight excluding hydrogens is 300 g/mol. The highest BCUT2D eigenvalue weighted by atomic mass is 16.5. The first-order valence-electron chi connectivity index (χ1n) is 9.27. The van der Waals surface area contributed by atoms with Crippen LogP contribution in [0.5, 0.6) is 0 Å². The van der Waals surface area contributed by atoms with Gasteiger partial charge in [-0.2, -0.15) is 0 Å². The first-order chi connectivity index (χ1) is 11.7. The van der Waals surface area contributed by atoms with Gasteiger partial charge in [0.05, 0.1) is 0 Å². The molecule has 3 aliphatic rings. The molecule has 24 heavy (non-hydrogen) atoms. The third kappa shape index (κ3) is 2.92. The first-order valence-corrected chi connectivity index (χ1v) is 9.27. The second kappa shape index (κ2) is 6.07. The molecule has 130 valence electrons. The van der Waals surface area contributed by atoms with Crippen LogP contribution in [0, 0.1) is 11.3 Å². The number of benzene rings is 1. The highest BCUT2D eigenvalue weighted by molar-refractivity contribution is 5.74. The van der Waals surface area contributed by atoms with Gasteiger partial charge in [0, 0.05) is 32.2 Å². The van der Waals surface area contributed by atoms with Crippen LogP contribution in [0.4, 0.5) is 4.79 Å². The van der Waals surface area contributed by atoms with Gasteiger partial charge in [-0.15, -0.1) is 0 Å². The monoisotopic (exact) mass is 328 g/mol. The predicted molar refractivity (Wildman–Crippen MR) is 94.1 cm³/mol. The van der Waals surface area contributed by atoms with E-state index < -0.39 is 0 Å². The molecule has 1 aromatic carbocycles. The van der Waals surface area contributed by atoms with Gasteiger partial charge in [-0.1, -0.05) is 24.3 Å². The Morgan fingerprint density at radius 3 is 2.88 bits per heavy atom. The number of amides is 2. The fourth-order valence-corrected chi connectivity index (χ4v) is 4.56. The maximum atomic E-state index is 12.1.